The van der Waals surface area contributed by atoms with E-state index in [9.17, 15) is 14.4 Å². The maximum Gasteiger partial charge on any atom is 0.319 e. The second kappa shape index (κ2) is 11.0. The first-order valence-corrected chi connectivity index (χ1v) is 10.4. The Bertz CT molecular complexity index is 847. The van der Waals surface area contributed by atoms with Crippen LogP contribution in [0.1, 0.15) is 52.8 Å². The molecule has 3 rings (SSSR count). The van der Waals surface area contributed by atoms with Gasteiger partial charge in [0, 0.05) is 35.9 Å². The molecular weight excluding hydrogens is 380 g/mol. The van der Waals surface area contributed by atoms with Crippen molar-refractivity contribution < 1.29 is 14.4 Å². The van der Waals surface area contributed by atoms with Gasteiger partial charge in [0.25, 0.3) is 11.8 Å². The number of benzene rings is 2. The number of rotatable bonds is 7. The molecule has 1 saturated carbocycles. The highest BCUT2D eigenvalue weighted by Crippen LogP contribution is 2.17. The highest BCUT2D eigenvalue weighted by molar-refractivity contribution is 5.96. The molecular formula is C23H28N4O3. The first-order chi connectivity index (χ1) is 14.6. The van der Waals surface area contributed by atoms with Crippen molar-refractivity contribution in [1.29, 1.82) is 0 Å². The average Bonchev–Trinajstić information content (AvgIpc) is 2.78. The molecule has 1 aliphatic carbocycles. The fourth-order valence-corrected chi connectivity index (χ4v) is 3.45. The Morgan fingerprint density at radius 2 is 1.30 bits per heavy atom. The topological polar surface area (TPSA) is 99.3 Å². The number of carbonyl (C=O) groups is 3. The largest absolute Gasteiger partial charge is 0.350 e. The van der Waals surface area contributed by atoms with E-state index in [0.717, 1.165) is 25.7 Å². The van der Waals surface area contributed by atoms with E-state index in [2.05, 4.69) is 21.3 Å². The molecule has 0 saturated heterocycles. The highest BCUT2D eigenvalue weighted by atomic mass is 16.2. The number of hydrogen-bond donors (Lipinski definition) is 4. The first-order valence-electron chi connectivity index (χ1n) is 10.4. The molecule has 0 aromatic heterocycles. The Hall–Kier alpha value is -3.35. The van der Waals surface area contributed by atoms with E-state index in [1.54, 1.807) is 48.5 Å². The molecule has 1 fully saturated rings. The lowest BCUT2D eigenvalue weighted by Gasteiger charge is -2.22. The van der Waals surface area contributed by atoms with Crippen LogP contribution >= 0.6 is 0 Å². The Labute approximate surface area is 176 Å². The van der Waals surface area contributed by atoms with Gasteiger partial charge < -0.3 is 21.3 Å². The van der Waals surface area contributed by atoms with E-state index < -0.39 is 0 Å². The fourth-order valence-electron chi connectivity index (χ4n) is 3.45. The molecule has 7 nitrogen and oxygen atoms in total. The summed E-state index contributed by atoms with van der Waals surface area (Å²) in [5, 5.41) is 11.3. The third-order valence-electron chi connectivity index (χ3n) is 5.08. The van der Waals surface area contributed by atoms with E-state index in [1.165, 1.54) is 6.42 Å². The van der Waals surface area contributed by atoms with Crippen LogP contribution in [-0.4, -0.2) is 37.0 Å². The number of urea groups is 1. The minimum atomic E-state index is -0.234. The predicted octanol–water partition coefficient (Wildman–Crippen LogP) is 3.30. The van der Waals surface area contributed by atoms with Crippen molar-refractivity contribution in [1.82, 2.24) is 16.0 Å². The Morgan fingerprint density at radius 1 is 0.733 bits per heavy atom. The zero-order chi connectivity index (χ0) is 21.2. The van der Waals surface area contributed by atoms with Gasteiger partial charge in [-0.05, 0) is 49.2 Å². The normalized spacial score (nSPS) is 13.9. The van der Waals surface area contributed by atoms with E-state index >= 15 is 0 Å². The summed E-state index contributed by atoms with van der Waals surface area (Å²) in [6, 6.07) is 15.7. The molecule has 0 atom stereocenters. The monoisotopic (exact) mass is 408 g/mol. The SMILES string of the molecule is O=C(Nc1ccc(C(=O)NCCNC(=O)c2ccccc2)cc1)NC1CCCCC1. The van der Waals surface area contributed by atoms with Crippen LogP contribution < -0.4 is 21.3 Å². The van der Waals surface area contributed by atoms with Gasteiger partial charge >= 0.3 is 6.03 Å². The Morgan fingerprint density at radius 3 is 1.90 bits per heavy atom. The third-order valence-corrected chi connectivity index (χ3v) is 5.08. The van der Waals surface area contributed by atoms with Crippen molar-refractivity contribution in [3.8, 4) is 0 Å². The summed E-state index contributed by atoms with van der Waals surface area (Å²) < 4.78 is 0. The molecule has 30 heavy (non-hydrogen) atoms. The molecule has 0 bridgehead atoms. The quantitative estimate of drug-likeness (QED) is 0.529. The van der Waals surface area contributed by atoms with Crippen molar-refractivity contribution >= 4 is 23.5 Å². The zero-order valence-corrected chi connectivity index (χ0v) is 16.9. The van der Waals surface area contributed by atoms with E-state index in [1.807, 2.05) is 6.07 Å². The lowest BCUT2D eigenvalue weighted by Crippen LogP contribution is -2.39. The summed E-state index contributed by atoms with van der Waals surface area (Å²) in [5.41, 5.74) is 1.71. The molecule has 2 aromatic carbocycles. The average molecular weight is 409 g/mol. The molecule has 7 heteroatoms. The van der Waals surface area contributed by atoms with Crippen LogP contribution in [0.25, 0.3) is 0 Å². The molecule has 0 radical (unpaired) electrons. The van der Waals surface area contributed by atoms with Crippen molar-refractivity contribution in [2.75, 3.05) is 18.4 Å². The fraction of sp³-hybridized carbons (Fsp3) is 0.348. The van der Waals surface area contributed by atoms with Gasteiger partial charge in [0.1, 0.15) is 0 Å². The number of amides is 4. The van der Waals surface area contributed by atoms with Crippen molar-refractivity contribution in [3.05, 3.63) is 65.7 Å². The summed E-state index contributed by atoms with van der Waals surface area (Å²) in [4.78, 5) is 36.3. The summed E-state index contributed by atoms with van der Waals surface area (Å²) >= 11 is 0. The molecule has 1 aliphatic rings. The maximum absolute atomic E-state index is 12.2. The van der Waals surface area contributed by atoms with Crippen LogP contribution in [0.4, 0.5) is 10.5 Å². The van der Waals surface area contributed by atoms with E-state index in [-0.39, 0.29) is 23.9 Å². The van der Waals surface area contributed by atoms with Crippen LogP contribution in [-0.2, 0) is 0 Å². The standard InChI is InChI=1S/C23H28N4O3/c28-21(17-7-3-1-4-8-17)24-15-16-25-22(29)18-11-13-20(14-12-18)27-23(30)26-19-9-5-2-6-10-19/h1,3-4,7-8,11-14,19H,2,5-6,9-10,15-16H2,(H,24,28)(H,25,29)(H2,26,27,30). The number of anilines is 1. The van der Waals surface area contributed by atoms with Gasteiger partial charge in [-0.1, -0.05) is 37.5 Å². The van der Waals surface area contributed by atoms with Gasteiger partial charge in [-0.25, -0.2) is 4.79 Å². The van der Waals surface area contributed by atoms with Gasteiger partial charge in [0.15, 0.2) is 0 Å². The van der Waals surface area contributed by atoms with Crippen molar-refractivity contribution in [2.24, 2.45) is 0 Å². The predicted molar refractivity (Wildman–Crippen MR) is 117 cm³/mol. The number of hydrogen-bond acceptors (Lipinski definition) is 3. The van der Waals surface area contributed by atoms with E-state index in [0.29, 0.717) is 29.9 Å². The molecule has 0 spiro atoms. The summed E-state index contributed by atoms with van der Waals surface area (Å²) in [7, 11) is 0. The Balaban J connectivity index is 1.38. The van der Waals surface area contributed by atoms with Crippen LogP contribution in [0.5, 0.6) is 0 Å². The summed E-state index contributed by atoms with van der Waals surface area (Å²) in [6.07, 6.45) is 5.61. The van der Waals surface area contributed by atoms with Gasteiger partial charge in [-0.3, -0.25) is 9.59 Å². The molecule has 0 aliphatic heterocycles. The minimum absolute atomic E-state index is 0.174. The zero-order valence-electron chi connectivity index (χ0n) is 16.9. The van der Waals surface area contributed by atoms with Gasteiger partial charge in [0.05, 0.1) is 0 Å². The van der Waals surface area contributed by atoms with Crippen LogP contribution in [0, 0.1) is 0 Å². The van der Waals surface area contributed by atoms with Gasteiger partial charge in [-0.15, -0.1) is 0 Å². The van der Waals surface area contributed by atoms with Gasteiger partial charge in [-0.2, -0.15) is 0 Å². The van der Waals surface area contributed by atoms with Crippen LogP contribution in [0.2, 0.25) is 0 Å². The summed E-state index contributed by atoms with van der Waals surface area (Å²) in [5.74, 6) is -0.408. The second-order valence-corrected chi connectivity index (χ2v) is 7.39. The van der Waals surface area contributed by atoms with E-state index in [4.69, 9.17) is 0 Å². The van der Waals surface area contributed by atoms with Crippen LogP contribution in [0.3, 0.4) is 0 Å². The lowest BCUT2D eigenvalue weighted by atomic mass is 9.96. The van der Waals surface area contributed by atoms with Crippen molar-refractivity contribution in [3.63, 3.8) is 0 Å². The molecule has 4 N–H and O–H groups in total. The second-order valence-electron chi connectivity index (χ2n) is 7.39. The van der Waals surface area contributed by atoms with Crippen molar-refractivity contribution in [2.45, 2.75) is 38.1 Å². The molecule has 0 unspecified atom stereocenters. The lowest BCUT2D eigenvalue weighted by molar-refractivity contribution is 0.0927. The molecule has 158 valence electrons. The third kappa shape index (κ3) is 6.62. The molecule has 4 amide bonds. The minimum Gasteiger partial charge on any atom is -0.350 e. The highest BCUT2D eigenvalue weighted by Gasteiger charge is 2.15. The smallest absolute Gasteiger partial charge is 0.319 e. The maximum atomic E-state index is 12.2. The summed E-state index contributed by atoms with van der Waals surface area (Å²) in [6.45, 7) is 0.654. The Kier molecular flexibility index (Phi) is 7.83. The molecule has 0 heterocycles. The number of carbonyl (C=O) groups excluding carboxylic acids is 3. The molecule has 2 aromatic rings. The van der Waals surface area contributed by atoms with Crippen LogP contribution in [0.15, 0.2) is 54.6 Å². The number of nitrogens with one attached hydrogen (secondary N) is 4. The van der Waals surface area contributed by atoms with Gasteiger partial charge in [0.2, 0.25) is 0 Å². The first kappa shape index (κ1) is 21.4.